The van der Waals surface area contributed by atoms with Gasteiger partial charge in [-0.05, 0) is 29.8 Å². The second-order valence-corrected chi connectivity index (χ2v) is 4.17. The number of ketones is 1. The molecule has 0 saturated carbocycles. The second kappa shape index (κ2) is 5.13. The van der Waals surface area contributed by atoms with Crippen molar-refractivity contribution in [3.05, 3.63) is 70.2 Å². The molecule has 86 valence electrons. The van der Waals surface area contributed by atoms with Crippen LogP contribution in [0.5, 0.6) is 0 Å². The van der Waals surface area contributed by atoms with Gasteiger partial charge in [0.2, 0.25) is 0 Å². The minimum absolute atomic E-state index is 0.00904. The summed E-state index contributed by atoms with van der Waals surface area (Å²) >= 11 is 5.78. The molecule has 17 heavy (non-hydrogen) atoms. The first kappa shape index (κ1) is 11.8. The van der Waals surface area contributed by atoms with Crippen LogP contribution in [0.2, 0.25) is 5.02 Å². The van der Waals surface area contributed by atoms with Crippen LogP contribution < -0.4 is 5.73 Å². The summed E-state index contributed by atoms with van der Waals surface area (Å²) in [6, 6.07) is 14.2. The molecule has 3 heteroatoms. The summed E-state index contributed by atoms with van der Waals surface area (Å²) in [5, 5.41) is 0.625. The summed E-state index contributed by atoms with van der Waals surface area (Å²) in [6.07, 6.45) is 0. The van der Waals surface area contributed by atoms with E-state index in [0.29, 0.717) is 22.7 Å². The minimum atomic E-state index is -0.00904. The molecular formula is C14H12ClNO. The molecule has 2 aromatic rings. The van der Waals surface area contributed by atoms with Crippen LogP contribution in [0.3, 0.4) is 0 Å². The number of carbonyl (C=O) groups is 1. The Hall–Kier alpha value is -1.64. The van der Waals surface area contributed by atoms with Crippen LogP contribution in [0, 0.1) is 0 Å². The number of halogens is 1. The van der Waals surface area contributed by atoms with Crippen molar-refractivity contribution in [2.45, 2.75) is 6.54 Å². The molecule has 0 spiro atoms. The molecule has 0 unspecified atom stereocenters. The van der Waals surface area contributed by atoms with Crippen LogP contribution in [0.4, 0.5) is 0 Å². The Morgan fingerprint density at radius 2 is 1.41 bits per heavy atom. The zero-order valence-electron chi connectivity index (χ0n) is 9.19. The Morgan fingerprint density at radius 1 is 0.941 bits per heavy atom. The molecule has 0 fully saturated rings. The average molecular weight is 246 g/mol. The van der Waals surface area contributed by atoms with Crippen molar-refractivity contribution in [1.29, 1.82) is 0 Å². The van der Waals surface area contributed by atoms with Gasteiger partial charge in [0.05, 0.1) is 0 Å². The molecule has 0 bridgehead atoms. The van der Waals surface area contributed by atoms with E-state index in [2.05, 4.69) is 0 Å². The maximum atomic E-state index is 12.1. The molecule has 2 N–H and O–H groups in total. The third kappa shape index (κ3) is 2.73. The zero-order valence-corrected chi connectivity index (χ0v) is 9.95. The van der Waals surface area contributed by atoms with Gasteiger partial charge in [-0.25, -0.2) is 0 Å². The van der Waals surface area contributed by atoms with Gasteiger partial charge in [-0.3, -0.25) is 4.79 Å². The van der Waals surface area contributed by atoms with E-state index < -0.39 is 0 Å². The van der Waals surface area contributed by atoms with E-state index in [1.807, 2.05) is 12.1 Å². The van der Waals surface area contributed by atoms with E-state index in [9.17, 15) is 4.79 Å². The van der Waals surface area contributed by atoms with Gasteiger partial charge in [0.25, 0.3) is 0 Å². The second-order valence-electron chi connectivity index (χ2n) is 3.74. The minimum Gasteiger partial charge on any atom is -0.326 e. The van der Waals surface area contributed by atoms with Crippen LogP contribution in [0.15, 0.2) is 48.5 Å². The molecule has 2 nitrogen and oxygen atoms in total. The molecule has 0 amide bonds. The van der Waals surface area contributed by atoms with Gasteiger partial charge in [0.1, 0.15) is 0 Å². The van der Waals surface area contributed by atoms with Gasteiger partial charge in [0.15, 0.2) is 5.78 Å². The summed E-state index contributed by atoms with van der Waals surface area (Å²) in [4.78, 5) is 12.1. The van der Waals surface area contributed by atoms with E-state index in [4.69, 9.17) is 17.3 Å². The third-order valence-electron chi connectivity index (χ3n) is 2.56. The molecule has 0 aliphatic heterocycles. The number of benzene rings is 2. The molecule has 0 aliphatic carbocycles. The van der Waals surface area contributed by atoms with Crippen LogP contribution in [0.1, 0.15) is 21.5 Å². The van der Waals surface area contributed by atoms with Crippen molar-refractivity contribution in [2.75, 3.05) is 0 Å². The Balaban J connectivity index is 2.27. The lowest BCUT2D eigenvalue weighted by atomic mass is 10.0. The Morgan fingerprint density at radius 3 is 1.88 bits per heavy atom. The summed E-state index contributed by atoms with van der Waals surface area (Å²) in [5.74, 6) is -0.00904. The molecule has 0 radical (unpaired) electrons. The zero-order chi connectivity index (χ0) is 12.3. The average Bonchev–Trinajstić information content (AvgIpc) is 2.39. The predicted octanol–water partition coefficient (Wildman–Crippen LogP) is 3.03. The van der Waals surface area contributed by atoms with Crippen molar-refractivity contribution in [2.24, 2.45) is 5.73 Å². The molecule has 0 aliphatic rings. The van der Waals surface area contributed by atoms with Crippen LogP contribution in [-0.2, 0) is 6.54 Å². The van der Waals surface area contributed by atoms with Gasteiger partial charge in [0, 0.05) is 22.7 Å². The molecular weight excluding hydrogens is 234 g/mol. The van der Waals surface area contributed by atoms with E-state index in [0.717, 1.165) is 5.56 Å². The van der Waals surface area contributed by atoms with Crippen molar-refractivity contribution >= 4 is 17.4 Å². The van der Waals surface area contributed by atoms with Crippen molar-refractivity contribution in [3.63, 3.8) is 0 Å². The molecule has 2 aromatic carbocycles. The number of rotatable bonds is 3. The summed E-state index contributed by atoms with van der Waals surface area (Å²) in [7, 11) is 0. The highest BCUT2D eigenvalue weighted by molar-refractivity contribution is 6.30. The highest BCUT2D eigenvalue weighted by atomic mass is 35.5. The smallest absolute Gasteiger partial charge is 0.193 e. The fraction of sp³-hybridized carbons (Fsp3) is 0.0714. The lowest BCUT2D eigenvalue weighted by Crippen LogP contribution is -2.02. The highest BCUT2D eigenvalue weighted by Gasteiger charge is 2.08. The first-order valence-electron chi connectivity index (χ1n) is 5.30. The van der Waals surface area contributed by atoms with Gasteiger partial charge in [-0.1, -0.05) is 35.9 Å². The number of hydrogen-bond donors (Lipinski definition) is 1. The van der Waals surface area contributed by atoms with Gasteiger partial charge in [-0.15, -0.1) is 0 Å². The predicted molar refractivity (Wildman–Crippen MR) is 69.2 cm³/mol. The fourth-order valence-corrected chi connectivity index (χ4v) is 1.69. The van der Waals surface area contributed by atoms with Gasteiger partial charge < -0.3 is 5.73 Å². The summed E-state index contributed by atoms with van der Waals surface area (Å²) in [6.45, 7) is 0.482. The lowest BCUT2D eigenvalue weighted by Gasteiger charge is -2.02. The molecule has 0 atom stereocenters. The fourth-order valence-electron chi connectivity index (χ4n) is 1.56. The van der Waals surface area contributed by atoms with Crippen molar-refractivity contribution < 1.29 is 4.79 Å². The lowest BCUT2D eigenvalue weighted by molar-refractivity contribution is 0.103. The van der Waals surface area contributed by atoms with Crippen LogP contribution in [-0.4, -0.2) is 5.78 Å². The van der Waals surface area contributed by atoms with E-state index >= 15 is 0 Å². The van der Waals surface area contributed by atoms with Gasteiger partial charge in [-0.2, -0.15) is 0 Å². The largest absolute Gasteiger partial charge is 0.326 e. The first-order chi connectivity index (χ1) is 8.20. The maximum Gasteiger partial charge on any atom is 0.193 e. The molecule has 0 saturated heterocycles. The number of hydrogen-bond acceptors (Lipinski definition) is 2. The normalized spacial score (nSPS) is 10.2. The van der Waals surface area contributed by atoms with E-state index in [1.165, 1.54) is 0 Å². The molecule has 0 aromatic heterocycles. The summed E-state index contributed by atoms with van der Waals surface area (Å²) in [5.41, 5.74) is 7.81. The Bertz CT molecular complexity index is 517. The molecule has 0 heterocycles. The SMILES string of the molecule is NCc1ccc(C(=O)c2ccc(Cl)cc2)cc1. The standard InChI is InChI=1S/C14H12ClNO/c15-13-7-5-12(6-8-13)14(17)11-3-1-10(9-16)2-4-11/h1-8H,9,16H2. The van der Waals surface area contributed by atoms with Crippen LogP contribution >= 0.6 is 11.6 Å². The number of carbonyl (C=O) groups excluding carboxylic acids is 1. The summed E-state index contributed by atoms with van der Waals surface area (Å²) < 4.78 is 0. The first-order valence-corrected chi connectivity index (χ1v) is 5.68. The maximum absolute atomic E-state index is 12.1. The monoisotopic (exact) mass is 245 g/mol. The topological polar surface area (TPSA) is 43.1 Å². The Labute approximate surface area is 105 Å². The van der Waals surface area contributed by atoms with E-state index in [-0.39, 0.29) is 5.78 Å². The quantitative estimate of drug-likeness (QED) is 0.845. The van der Waals surface area contributed by atoms with Crippen molar-refractivity contribution in [3.8, 4) is 0 Å². The number of nitrogens with two attached hydrogens (primary N) is 1. The molecule has 2 rings (SSSR count). The van der Waals surface area contributed by atoms with Crippen LogP contribution in [0.25, 0.3) is 0 Å². The highest BCUT2D eigenvalue weighted by Crippen LogP contribution is 2.14. The van der Waals surface area contributed by atoms with Crippen molar-refractivity contribution in [1.82, 2.24) is 0 Å². The van der Waals surface area contributed by atoms with Gasteiger partial charge >= 0.3 is 0 Å². The third-order valence-corrected chi connectivity index (χ3v) is 2.81. The van der Waals surface area contributed by atoms with E-state index in [1.54, 1.807) is 36.4 Å². The Kier molecular flexibility index (Phi) is 3.57.